The Morgan fingerprint density at radius 1 is 1.50 bits per heavy atom. The van der Waals surface area contributed by atoms with E-state index in [1.54, 1.807) is 11.3 Å². The van der Waals surface area contributed by atoms with Crippen LogP contribution in [0.15, 0.2) is 17.5 Å². The van der Waals surface area contributed by atoms with Crippen molar-refractivity contribution in [2.45, 2.75) is 37.1 Å². The molecule has 1 N–H and O–H groups in total. The Bertz CT molecular complexity index is 454. The van der Waals surface area contributed by atoms with Crippen LogP contribution in [0, 0.1) is 0 Å². The SMILES string of the molecule is O=C(N1CCOCC1CO)C1(c2cccs2)CCCC1. The van der Waals surface area contributed by atoms with Crippen molar-refractivity contribution < 1.29 is 14.6 Å². The minimum Gasteiger partial charge on any atom is -0.394 e. The van der Waals surface area contributed by atoms with Crippen molar-refractivity contribution in [2.75, 3.05) is 26.4 Å². The Kier molecular flexibility index (Phi) is 4.10. The molecule has 0 spiro atoms. The first-order valence-corrected chi connectivity index (χ1v) is 8.19. The van der Waals surface area contributed by atoms with Crippen LogP contribution >= 0.6 is 11.3 Å². The number of thiophene rings is 1. The lowest BCUT2D eigenvalue weighted by Gasteiger charge is -2.40. The highest BCUT2D eigenvalue weighted by molar-refractivity contribution is 7.10. The number of hydrogen-bond donors (Lipinski definition) is 1. The summed E-state index contributed by atoms with van der Waals surface area (Å²) in [5.41, 5.74) is -0.348. The minimum absolute atomic E-state index is 0.0216. The lowest BCUT2D eigenvalue weighted by atomic mass is 9.82. The lowest BCUT2D eigenvalue weighted by molar-refractivity contribution is -0.147. The molecule has 2 aliphatic rings. The van der Waals surface area contributed by atoms with E-state index in [0.717, 1.165) is 25.7 Å². The Morgan fingerprint density at radius 3 is 2.95 bits per heavy atom. The van der Waals surface area contributed by atoms with E-state index in [4.69, 9.17) is 4.74 Å². The molecule has 0 bridgehead atoms. The van der Waals surface area contributed by atoms with Crippen LogP contribution in [0.4, 0.5) is 0 Å². The molecule has 0 aromatic carbocycles. The van der Waals surface area contributed by atoms with E-state index < -0.39 is 0 Å². The van der Waals surface area contributed by atoms with Crippen molar-refractivity contribution in [2.24, 2.45) is 0 Å². The van der Waals surface area contributed by atoms with Crippen molar-refractivity contribution in [3.05, 3.63) is 22.4 Å². The number of hydrogen-bond acceptors (Lipinski definition) is 4. The third-order valence-corrected chi connectivity index (χ3v) is 5.63. The molecule has 1 aliphatic heterocycles. The van der Waals surface area contributed by atoms with E-state index >= 15 is 0 Å². The molecular formula is C15H21NO3S. The molecule has 2 heterocycles. The number of carbonyl (C=O) groups excluding carboxylic acids is 1. The zero-order chi connectivity index (χ0) is 14.0. The first-order valence-electron chi connectivity index (χ1n) is 7.31. The summed E-state index contributed by atoms with van der Waals surface area (Å²) in [6.07, 6.45) is 4.08. The Morgan fingerprint density at radius 2 is 2.30 bits per heavy atom. The van der Waals surface area contributed by atoms with Gasteiger partial charge in [0.15, 0.2) is 0 Å². The fourth-order valence-electron chi connectivity index (χ4n) is 3.44. The van der Waals surface area contributed by atoms with Gasteiger partial charge in [-0.1, -0.05) is 18.9 Å². The van der Waals surface area contributed by atoms with Crippen LogP contribution < -0.4 is 0 Å². The van der Waals surface area contributed by atoms with Crippen molar-refractivity contribution >= 4 is 17.2 Å². The number of nitrogens with zero attached hydrogens (tertiary/aromatic N) is 1. The molecule has 5 heteroatoms. The maximum Gasteiger partial charge on any atom is 0.234 e. The number of ether oxygens (including phenoxy) is 1. The smallest absolute Gasteiger partial charge is 0.234 e. The van der Waals surface area contributed by atoms with Gasteiger partial charge in [0.2, 0.25) is 5.91 Å². The lowest BCUT2D eigenvalue weighted by Crippen LogP contribution is -2.56. The van der Waals surface area contributed by atoms with Crippen LogP contribution in [0.1, 0.15) is 30.6 Å². The highest BCUT2D eigenvalue weighted by atomic mass is 32.1. The van der Waals surface area contributed by atoms with Gasteiger partial charge in [0, 0.05) is 11.4 Å². The molecular weight excluding hydrogens is 274 g/mol. The molecule has 2 fully saturated rings. The normalized spacial score (nSPS) is 25.9. The monoisotopic (exact) mass is 295 g/mol. The van der Waals surface area contributed by atoms with Gasteiger partial charge < -0.3 is 14.7 Å². The second-order valence-electron chi connectivity index (χ2n) is 5.68. The van der Waals surface area contributed by atoms with Crippen LogP contribution in [0.5, 0.6) is 0 Å². The number of aliphatic hydroxyl groups is 1. The van der Waals surface area contributed by atoms with E-state index in [0.29, 0.717) is 19.8 Å². The minimum atomic E-state index is -0.348. The first kappa shape index (κ1) is 14.0. The van der Waals surface area contributed by atoms with Crippen LogP contribution in [0.2, 0.25) is 0 Å². The van der Waals surface area contributed by atoms with E-state index in [-0.39, 0.29) is 24.0 Å². The van der Waals surface area contributed by atoms with E-state index in [2.05, 4.69) is 6.07 Å². The highest BCUT2D eigenvalue weighted by Gasteiger charge is 2.47. The average molecular weight is 295 g/mol. The quantitative estimate of drug-likeness (QED) is 0.925. The summed E-state index contributed by atoms with van der Waals surface area (Å²) in [7, 11) is 0. The molecule has 1 atom stereocenters. The second kappa shape index (κ2) is 5.84. The van der Waals surface area contributed by atoms with Crippen LogP contribution in [0.3, 0.4) is 0 Å². The van der Waals surface area contributed by atoms with Crippen LogP contribution in [-0.2, 0) is 14.9 Å². The number of rotatable bonds is 3. The average Bonchev–Trinajstić information content (AvgIpc) is 3.17. The van der Waals surface area contributed by atoms with Gasteiger partial charge in [-0.25, -0.2) is 0 Å². The fraction of sp³-hybridized carbons (Fsp3) is 0.667. The first-order chi connectivity index (χ1) is 9.78. The van der Waals surface area contributed by atoms with Gasteiger partial charge in [-0.3, -0.25) is 4.79 Å². The summed E-state index contributed by atoms with van der Waals surface area (Å²) in [5, 5.41) is 11.5. The Balaban J connectivity index is 1.89. The third-order valence-electron chi connectivity index (χ3n) is 4.56. The third kappa shape index (κ3) is 2.28. The van der Waals surface area contributed by atoms with Gasteiger partial charge in [0.25, 0.3) is 0 Å². The zero-order valence-electron chi connectivity index (χ0n) is 11.6. The molecule has 3 rings (SSSR count). The standard InChI is InChI=1S/C15H21NO3S/c17-10-12-11-19-8-7-16(12)14(18)15(5-1-2-6-15)13-4-3-9-20-13/h3-4,9,12,17H,1-2,5-8,10-11H2. The zero-order valence-corrected chi connectivity index (χ0v) is 12.4. The molecule has 1 aromatic heterocycles. The molecule has 1 saturated carbocycles. The summed E-state index contributed by atoms with van der Waals surface area (Å²) in [6, 6.07) is 3.92. The summed E-state index contributed by atoms with van der Waals surface area (Å²) in [4.78, 5) is 16.2. The Labute approximate surface area is 123 Å². The largest absolute Gasteiger partial charge is 0.394 e. The molecule has 1 aliphatic carbocycles. The molecule has 4 nitrogen and oxygen atoms in total. The second-order valence-corrected chi connectivity index (χ2v) is 6.62. The number of amides is 1. The molecule has 1 saturated heterocycles. The topological polar surface area (TPSA) is 49.8 Å². The van der Waals surface area contributed by atoms with Gasteiger partial charge in [0.05, 0.1) is 31.3 Å². The summed E-state index contributed by atoms with van der Waals surface area (Å²) >= 11 is 1.68. The van der Waals surface area contributed by atoms with Gasteiger partial charge in [0.1, 0.15) is 0 Å². The fourth-order valence-corrected chi connectivity index (χ4v) is 4.42. The van der Waals surface area contributed by atoms with Gasteiger partial charge in [-0.15, -0.1) is 11.3 Å². The van der Waals surface area contributed by atoms with Gasteiger partial charge in [-0.2, -0.15) is 0 Å². The highest BCUT2D eigenvalue weighted by Crippen LogP contribution is 2.44. The molecule has 110 valence electrons. The van der Waals surface area contributed by atoms with Crippen molar-refractivity contribution in [3.8, 4) is 0 Å². The predicted octanol–water partition coefficient (Wildman–Crippen LogP) is 1.78. The van der Waals surface area contributed by atoms with Crippen molar-refractivity contribution in [3.63, 3.8) is 0 Å². The predicted molar refractivity (Wildman–Crippen MR) is 77.9 cm³/mol. The number of aliphatic hydroxyl groups excluding tert-OH is 1. The van der Waals surface area contributed by atoms with Crippen LogP contribution in [0.25, 0.3) is 0 Å². The summed E-state index contributed by atoms with van der Waals surface area (Å²) in [5.74, 6) is 0.194. The number of morpholine rings is 1. The molecule has 0 radical (unpaired) electrons. The molecule has 1 aromatic rings. The molecule has 20 heavy (non-hydrogen) atoms. The van der Waals surface area contributed by atoms with Crippen molar-refractivity contribution in [1.29, 1.82) is 0 Å². The maximum atomic E-state index is 13.2. The Hall–Kier alpha value is -0.910. The summed E-state index contributed by atoms with van der Waals surface area (Å²) in [6.45, 7) is 1.59. The van der Waals surface area contributed by atoms with E-state index in [1.165, 1.54) is 4.88 Å². The number of carbonyl (C=O) groups is 1. The van der Waals surface area contributed by atoms with Crippen LogP contribution in [-0.4, -0.2) is 48.3 Å². The van der Waals surface area contributed by atoms with Gasteiger partial charge >= 0.3 is 0 Å². The maximum absolute atomic E-state index is 13.2. The van der Waals surface area contributed by atoms with Crippen molar-refractivity contribution in [1.82, 2.24) is 4.90 Å². The molecule has 1 unspecified atom stereocenters. The summed E-state index contributed by atoms with van der Waals surface area (Å²) < 4.78 is 5.39. The molecule has 1 amide bonds. The van der Waals surface area contributed by atoms with E-state index in [9.17, 15) is 9.90 Å². The van der Waals surface area contributed by atoms with Gasteiger partial charge in [-0.05, 0) is 24.3 Å². The van der Waals surface area contributed by atoms with E-state index in [1.807, 2.05) is 16.3 Å².